The molecule has 0 radical (unpaired) electrons. The number of amides is 1. The number of hydrogen-bond donors (Lipinski definition) is 0. The van der Waals surface area contributed by atoms with Gasteiger partial charge in [-0.05, 0) is 37.1 Å². The maximum absolute atomic E-state index is 12.1. The van der Waals surface area contributed by atoms with E-state index >= 15 is 0 Å². The lowest BCUT2D eigenvalue weighted by Crippen LogP contribution is -2.41. The van der Waals surface area contributed by atoms with E-state index in [2.05, 4.69) is 0 Å². The van der Waals surface area contributed by atoms with Crippen LogP contribution in [0.5, 0.6) is 0 Å². The van der Waals surface area contributed by atoms with Crippen molar-refractivity contribution in [2.45, 2.75) is 17.7 Å². The molecule has 21 heavy (non-hydrogen) atoms. The van der Waals surface area contributed by atoms with Gasteiger partial charge in [-0.3, -0.25) is 9.59 Å². The molecule has 6 heteroatoms. The fourth-order valence-corrected chi connectivity index (χ4v) is 3.23. The number of likely N-dealkylation sites (tertiary alicyclic amines) is 1. The van der Waals surface area contributed by atoms with Gasteiger partial charge in [0, 0.05) is 23.0 Å². The van der Waals surface area contributed by atoms with Gasteiger partial charge in [-0.15, -0.1) is 11.8 Å². The summed E-state index contributed by atoms with van der Waals surface area (Å²) in [6.07, 6.45) is 1.37. The summed E-state index contributed by atoms with van der Waals surface area (Å²) < 4.78 is 4.74. The Morgan fingerprint density at radius 3 is 2.48 bits per heavy atom. The van der Waals surface area contributed by atoms with Crippen LogP contribution in [0.4, 0.5) is 0 Å². The van der Waals surface area contributed by atoms with Gasteiger partial charge in [0.15, 0.2) is 0 Å². The summed E-state index contributed by atoms with van der Waals surface area (Å²) in [6, 6.07) is 7.44. The lowest BCUT2D eigenvalue weighted by molar-refractivity contribution is -0.148. The Labute approximate surface area is 133 Å². The number of rotatable bonds is 4. The first-order valence-electron chi connectivity index (χ1n) is 6.84. The number of methoxy groups -OCH3 is 1. The number of carbonyl (C=O) groups excluding carboxylic acids is 2. The molecule has 4 nitrogen and oxygen atoms in total. The van der Waals surface area contributed by atoms with Gasteiger partial charge >= 0.3 is 5.97 Å². The summed E-state index contributed by atoms with van der Waals surface area (Å²) >= 11 is 7.33. The molecule has 1 heterocycles. The number of esters is 1. The van der Waals surface area contributed by atoms with E-state index < -0.39 is 0 Å². The number of hydrogen-bond acceptors (Lipinski definition) is 4. The molecule has 0 spiro atoms. The number of ether oxygens (including phenoxy) is 1. The summed E-state index contributed by atoms with van der Waals surface area (Å²) in [5.74, 6) is 0.281. The second kappa shape index (κ2) is 7.71. The highest BCUT2D eigenvalue weighted by Crippen LogP contribution is 2.23. The van der Waals surface area contributed by atoms with Crippen LogP contribution in [0.2, 0.25) is 5.02 Å². The lowest BCUT2D eigenvalue weighted by atomic mass is 9.97. The van der Waals surface area contributed by atoms with Crippen LogP contribution in [-0.4, -0.2) is 42.7 Å². The van der Waals surface area contributed by atoms with Gasteiger partial charge in [-0.2, -0.15) is 0 Å². The molecule has 2 rings (SSSR count). The molecule has 1 amide bonds. The quantitative estimate of drug-likeness (QED) is 0.630. The molecule has 0 bridgehead atoms. The van der Waals surface area contributed by atoms with Crippen LogP contribution < -0.4 is 0 Å². The van der Waals surface area contributed by atoms with E-state index in [1.165, 1.54) is 18.9 Å². The first kappa shape index (κ1) is 16.2. The second-order valence-electron chi connectivity index (χ2n) is 4.92. The summed E-state index contributed by atoms with van der Waals surface area (Å²) in [5, 5.41) is 0.690. The van der Waals surface area contributed by atoms with E-state index in [0.29, 0.717) is 36.7 Å². The third-order valence-corrected chi connectivity index (χ3v) is 4.81. The van der Waals surface area contributed by atoms with Crippen LogP contribution in [0.1, 0.15) is 12.8 Å². The first-order valence-corrected chi connectivity index (χ1v) is 8.20. The van der Waals surface area contributed by atoms with Gasteiger partial charge in [0.1, 0.15) is 0 Å². The predicted molar refractivity (Wildman–Crippen MR) is 83.5 cm³/mol. The second-order valence-corrected chi connectivity index (χ2v) is 6.41. The summed E-state index contributed by atoms with van der Waals surface area (Å²) in [7, 11) is 1.41. The molecule has 1 aromatic rings. The zero-order valence-electron chi connectivity index (χ0n) is 11.9. The van der Waals surface area contributed by atoms with Crippen LogP contribution in [0.15, 0.2) is 29.2 Å². The van der Waals surface area contributed by atoms with Crippen molar-refractivity contribution in [3.05, 3.63) is 29.3 Å². The van der Waals surface area contributed by atoms with Crippen LogP contribution in [0.25, 0.3) is 0 Å². The van der Waals surface area contributed by atoms with Gasteiger partial charge in [0.05, 0.1) is 18.8 Å². The van der Waals surface area contributed by atoms with Crippen molar-refractivity contribution in [1.82, 2.24) is 4.90 Å². The molecule has 0 saturated carbocycles. The Hall–Kier alpha value is -1.20. The van der Waals surface area contributed by atoms with Crippen molar-refractivity contribution in [2.75, 3.05) is 26.0 Å². The number of piperidine rings is 1. The third kappa shape index (κ3) is 4.64. The standard InChI is InChI=1S/C15H18ClNO3S/c1-20-15(19)11-6-8-17(9-7-11)14(18)10-21-13-4-2-12(16)3-5-13/h2-5,11H,6-10H2,1H3. The minimum absolute atomic E-state index is 0.0667. The van der Waals surface area contributed by atoms with Crippen LogP contribution in [0, 0.1) is 5.92 Å². The number of benzene rings is 1. The maximum atomic E-state index is 12.1. The fourth-order valence-electron chi connectivity index (χ4n) is 2.30. The monoisotopic (exact) mass is 327 g/mol. The Morgan fingerprint density at radius 2 is 1.90 bits per heavy atom. The highest BCUT2D eigenvalue weighted by atomic mass is 35.5. The Balaban J connectivity index is 1.77. The average Bonchev–Trinajstić information content (AvgIpc) is 2.53. The smallest absolute Gasteiger partial charge is 0.308 e. The van der Waals surface area contributed by atoms with Crippen LogP contribution in [0.3, 0.4) is 0 Å². The summed E-state index contributed by atoms with van der Waals surface area (Å²) in [5.41, 5.74) is 0. The Bertz CT molecular complexity index is 498. The average molecular weight is 328 g/mol. The van der Waals surface area contributed by atoms with Crippen LogP contribution in [-0.2, 0) is 14.3 Å². The highest BCUT2D eigenvalue weighted by Gasteiger charge is 2.27. The van der Waals surface area contributed by atoms with E-state index in [-0.39, 0.29) is 17.8 Å². The number of carbonyl (C=O) groups is 2. The van der Waals surface area contributed by atoms with E-state index in [4.69, 9.17) is 16.3 Å². The minimum atomic E-state index is -0.169. The fraction of sp³-hybridized carbons (Fsp3) is 0.467. The zero-order chi connectivity index (χ0) is 15.2. The molecule has 1 saturated heterocycles. The molecule has 0 aliphatic carbocycles. The first-order chi connectivity index (χ1) is 10.1. The van der Waals surface area contributed by atoms with Gasteiger partial charge in [-0.1, -0.05) is 11.6 Å². The molecule has 0 aromatic heterocycles. The summed E-state index contributed by atoms with van der Waals surface area (Å²) in [4.78, 5) is 26.4. The molecular weight excluding hydrogens is 310 g/mol. The van der Waals surface area contributed by atoms with Crippen LogP contribution >= 0.6 is 23.4 Å². The van der Waals surface area contributed by atoms with Crippen molar-refractivity contribution in [3.8, 4) is 0 Å². The molecule has 1 aromatic carbocycles. The van der Waals surface area contributed by atoms with Gasteiger partial charge in [0.2, 0.25) is 5.91 Å². The molecule has 0 unspecified atom stereocenters. The normalized spacial score (nSPS) is 15.8. The van der Waals surface area contributed by atoms with Crippen molar-refractivity contribution in [1.29, 1.82) is 0 Å². The van der Waals surface area contributed by atoms with E-state index in [1.54, 1.807) is 0 Å². The third-order valence-electron chi connectivity index (χ3n) is 3.56. The van der Waals surface area contributed by atoms with E-state index in [0.717, 1.165) is 4.90 Å². The minimum Gasteiger partial charge on any atom is -0.469 e. The zero-order valence-corrected chi connectivity index (χ0v) is 13.5. The molecule has 0 atom stereocenters. The van der Waals surface area contributed by atoms with Gasteiger partial charge in [-0.25, -0.2) is 0 Å². The highest BCUT2D eigenvalue weighted by molar-refractivity contribution is 8.00. The molecular formula is C15H18ClNO3S. The van der Waals surface area contributed by atoms with Crippen molar-refractivity contribution < 1.29 is 14.3 Å². The Kier molecular flexibility index (Phi) is 5.94. The topological polar surface area (TPSA) is 46.6 Å². The van der Waals surface area contributed by atoms with E-state index in [9.17, 15) is 9.59 Å². The van der Waals surface area contributed by atoms with Crippen molar-refractivity contribution >= 4 is 35.2 Å². The predicted octanol–water partition coefficient (Wildman–Crippen LogP) is 2.84. The molecule has 1 fully saturated rings. The van der Waals surface area contributed by atoms with Gasteiger partial charge < -0.3 is 9.64 Å². The number of halogens is 1. The SMILES string of the molecule is COC(=O)C1CCN(C(=O)CSc2ccc(Cl)cc2)CC1. The van der Waals surface area contributed by atoms with Crippen molar-refractivity contribution in [3.63, 3.8) is 0 Å². The lowest BCUT2D eigenvalue weighted by Gasteiger charge is -2.30. The maximum Gasteiger partial charge on any atom is 0.308 e. The summed E-state index contributed by atoms with van der Waals surface area (Å²) in [6.45, 7) is 1.25. The molecule has 0 N–H and O–H groups in total. The Morgan fingerprint density at radius 1 is 1.29 bits per heavy atom. The molecule has 114 valence electrons. The van der Waals surface area contributed by atoms with Gasteiger partial charge in [0.25, 0.3) is 0 Å². The molecule has 1 aliphatic heterocycles. The van der Waals surface area contributed by atoms with E-state index in [1.807, 2.05) is 29.2 Å². The van der Waals surface area contributed by atoms with Crippen molar-refractivity contribution in [2.24, 2.45) is 5.92 Å². The number of nitrogens with zero attached hydrogens (tertiary/aromatic N) is 1. The largest absolute Gasteiger partial charge is 0.469 e. The number of thioether (sulfide) groups is 1. The molecule has 1 aliphatic rings.